The Kier molecular flexibility index (Phi) is 4.40. The molecule has 0 bridgehead atoms. The molecule has 0 aromatic rings. The summed E-state index contributed by atoms with van der Waals surface area (Å²) in [5.41, 5.74) is 0.335. The number of hydrogen-bond donors (Lipinski definition) is 0. The molecule has 1 aliphatic heterocycles. The van der Waals surface area contributed by atoms with Gasteiger partial charge in [0.05, 0.1) is 7.11 Å². The van der Waals surface area contributed by atoms with Gasteiger partial charge in [-0.05, 0) is 43.4 Å². The van der Waals surface area contributed by atoms with Crippen LogP contribution in [0.3, 0.4) is 0 Å². The van der Waals surface area contributed by atoms with Crippen LogP contribution in [0.5, 0.6) is 0 Å². The van der Waals surface area contributed by atoms with Gasteiger partial charge in [0, 0.05) is 12.5 Å². The number of methoxy groups -OCH3 is 1. The van der Waals surface area contributed by atoms with E-state index in [4.69, 9.17) is 4.74 Å². The molecule has 1 aliphatic carbocycles. The predicted octanol–water partition coefficient (Wildman–Crippen LogP) is 2.76. The smallest absolute Gasteiger partial charge is 0.328 e. The summed E-state index contributed by atoms with van der Waals surface area (Å²) in [4.78, 5) is 25.7. The highest BCUT2D eigenvalue weighted by Crippen LogP contribution is 2.40. The molecular formula is C16H27NO3. The van der Waals surface area contributed by atoms with Gasteiger partial charge in [-0.2, -0.15) is 0 Å². The molecule has 0 spiro atoms. The normalized spacial score (nSPS) is 31.5. The molecule has 0 aromatic heterocycles. The number of carbonyl (C=O) groups excluding carboxylic acids is 2. The lowest BCUT2D eigenvalue weighted by Gasteiger charge is -2.41. The maximum Gasteiger partial charge on any atom is 0.328 e. The summed E-state index contributed by atoms with van der Waals surface area (Å²) < 4.78 is 4.85. The minimum absolute atomic E-state index is 0.125. The first-order chi connectivity index (χ1) is 9.34. The number of nitrogens with zero attached hydrogens (tertiary/aromatic N) is 1. The van der Waals surface area contributed by atoms with E-state index in [1.54, 1.807) is 0 Å². The molecule has 2 fully saturated rings. The van der Waals surface area contributed by atoms with Gasteiger partial charge in [0.15, 0.2) is 0 Å². The van der Waals surface area contributed by atoms with E-state index in [0.717, 1.165) is 25.7 Å². The zero-order valence-electron chi connectivity index (χ0n) is 13.1. The minimum Gasteiger partial charge on any atom is -0.467 e. The number of hydrogen-bond acceptors (Lipinski definition) is 3. The Hall–Kier alpha value is -1.06. The number of amides is 1. The van der Waals surface area contributed by atoms with Crippen LogP contribution < -0.4 is 0 Å². The fraction of sp³-hybridized carbons (Fsp3) is 0.875. The fourth-order valence-corrected chi connectivity index (χ4v) is 3.75. The third-order valence-corrected chi connectivity index (χ3v) is 5.04. The van der Waals surface area contributed by atoms with Gasteiger partial charge in [-0.3, -0.25) is 4.79 Å². The van der Waals surface area contributed by atoms with Crippen molar-refractivity contribution < 1.29 is 14.3 Å². The quantitative estimate of drug-likeness (QED) is 0.731. The van der Waals surface area contributed by atoms with Crippen LogP contribution in [0.15, 0.2) is 0 Å². The molecule has 20 heavy (non-hydrogen) atoms. The Labute approximate surface area is 121 Å². The van der Waals surface area contributed by atoms with E-state index < -0.39 is 0 Å². The Morgan fingerprint density at radius 2 is 1.75 bits per heavy atom. The second kappa shape index (κ2) is 5.74. The molecule has 1 heterocycles. The lowest BCUT2D eigenvalue weighted by atomic mass is 9.71. The average Bonchev–Trinajstić information content (AvgIpc) is 2.79. The Morgan fingerprint density at radius 1 is 1.15 bits per heavy atom. The summed E-state index contributed by atoms with van der Waals surface area (Å²) >= 11 is 0. The lowest BCUT2D eigenvalue weighted by Crippen LogP contribution is -2.48. The number of rotatable bonds is 2. The second-order valence-corrected chi connectivity index (χ2v) is 7.25. The van der Waals surface area contributed by atoms with E-state index in [9.17, 15) is 9.59 Å². The van der Waals surface area contributed by atoms with Gasteiger partial charge in [-0.15, -0.1) is 0 Å². The maximum atomic E-state index is 12.1. The second-order valence-electron chi connectivity index (χ2n) is 7.25. The van der Waals surface area contributed by atoms with Gasteiger partial charge >= 0.3 is 5.97 Å². The van der Waals surface area contributed by atoms with Gasteiger partial charge in [-0.25, -0.2) is 4.79 Å². The van der Waals surface area contributed by atoms with E-state index in [1.807, 2.05) is 4.90 Å². The Balaban J connectivity index is 2.01. The van der Waals surface area contributed by atoms with Gasteiger partial charge in [-0.1, -0.05) is 20.8 Å². The number of esters is 1. The van der Waals surface area contributed by atoms with Crippen LogP contribution in [0.4, 0.5) is 0 Å². The molecule has 1 saturated carbocycles. The van der Waals surface area contributed by atoms with Crippen LogP contribution in [0.1, 0.15) is 59.3 Å². The van der Waals surface area contributed by atoms with Crippen molar-refractivity contribution >= 4 is 11.9 Å². The summed E-state index contributed by atoms with van der Waals surface area (Å²) in [5, 5.41) is 0. The number of ether oxygens (including phenoxy) is 1. The highest BCUT2D eigenvalue weighted by Gasteiger charge is 2.42. The first kappa shape index (κ1) is 15.3. The molecule has 4 heteroatoms. The lowest BCUT2D eigenvalue weighted by molar-refractivity contribution is -0.151. The molecule has 114 valence electrons. The zero-order valence-corrected chi connectivity index (χ0v) is 13.1. The Bertz CT molecular complexity index is 378. The van der Waals surface area contributed by atoms with Crippen molar-refractivity contribution in [1.82, 2.24) is 4.90 Å². The van der Waals surface area contributed by atoms with Crippen molar-refractivity contribution in [3.63, 3.8) is 0 Å². The first-order valence-corrected chi connectivity index (χ1v) is 7.73. The summed E-state index contributed by atoms with van der Waals surface area (Å²) in [6, 6.07) is -0.114. The van der Waals surface area contributed by atoms with Crippen LogP contribution in [0.2, 0.25) is 0 Å². The van der Waals surface area contributed by atoms with E-state index in [-0.39, 0.29) is 24.0 Å². The standard InChI is InChI=1S/C16H27NO3/c1-16(2,3)11-5-7-12(8-6-11)17-13(15(19)20-4)9-10-14(17)18/h11-13H,5-10H2,1-4H3. The minimum atomic E-state index is -0.344. The Morgan fingerprint density at radius 3 is 2.25 bits per heavy atom. The third-order valence-electron chi connectivity index (χ3n) is 5.04. The largest absolute Gasteiger partial charge is 0.467 e. The van der Waals surface area contributed by atoms with Gasteiger partial charge in [0.2, 0.25) is 5.91 Å². The van der Waals surface area contributed by atoms with Crippen molar-refractivity contribution in [1.29, 1.82) is 0 Å². The van der Waals surface area contributed by atoms with Crippen molar-refractivity contribution in [3.05, 3.63) is 0 Å². The fourth-order valence-electron chi connectivity index (χ4n) is 3.75. The molecule has 1 unspecified atom stereocenters. The SMILES string of the molecule is COC(=O)C1CCC(=O)N1C1CCC(C(C)(C)C)CC1. The van der Waals surface area contributed by atoms with Gasteiger partial charge in [0.25, 0.3) is 0 Å². The number of likely N-dealkylation sites (tertiary alicyclic amines) is 1. The molecular weight excluding hydrogens is 254 g/mol. The van der Waals surface area contributed by atoms with E-state index >= 15 is 0 Å². The molecule has 1 saturated heterocycles. The molecule has 2 aliphatic rings. The highest BCUT2D eigenvalue weighted by atomic mass is 16.5. The van der Waals surface area contributed by atoms with Gasteiger partial charge in [0.1, 0.15) is 6.04 Å². The molecule has 0 radical (unpaired) electrons. The van der Waals surface area contributed by atoms with Gasteiger partial charge < -0.3 is 9.64 Å². The molecule has 1 atom stereocenters. The van der Waals surface area contributed by atoms with Crippen LogP contribution in [-0.4, -0.2) is 36.0 Å². The monoisotopic (exact) mass is 281 g/mol. The van der Waals surface area contributed by atoms with E-state index in [2.05, 4.69) is 20.8 Å². The topological polar surface area (TPSA) is 46.6 Å². The van der Waals surface area contributed by atoms with Crippen LogP contribution in [-0.2, 0) is 14.3 Å². The molecule has 4 nitrogen and oxygen atoms in total. The highest BCUT2D eigenvalue weighted by molar-refractivity contribution is 5.88. The zero-order chi connectivity index (χ0) is 14.9. The van der Waals surface area contributed by atoms with Crippen molar-refractivity contribution in [2.24, 2.45) is 11.3 Å². The third kappa shape index (κ3) is 2.99. The van der Waals surface area contributed by atoms with Crippen molar-refractivity contribution in [3.8, 4) is 0 Å². The summed E-state index contributed by atoms with van der Waals surface area (Å²) in [7, 11) is 1.40. The maximum absolute atomic E-state index is 12.1. The van der Waals surface area contributed by atoms with E-state index in [0.29, 0.717) is 24.2 Å². The average molecular weight is 281 g/mol. The van der Waals surface area contributed by atoms with E-state index in [1.165, 1.54) is 7.11 Å². The van der Waals surface area contributed by atoms with Crippen LogP contribution in [0.25, 0.3) is 0 Å². The van der Waals surface area contributed by atoms with Crippen LogP contribution >= 0.6 is 0 Å². The number of carbonyl (C=O) groups is 2. The molecule has 2 rings (SSSR count). The molecule has 0 N–H and O–H groups in total. The van der Waals surface area contributed by atoms with Crippen LogP contribution in [0, 0.1) is 11.3 Å². The van der Waals surface area contributed by atoms with Crippen molar-refractivity contribution in [2.75, 3.05) is 7.11 Å². The first-order valence-electron chi connectivity index (χ1n) is 7.73. The van der Waals surface area contributed by atoms with Crippen molar-refractivity contribution in [2.45, 2.75) is 71.4 Å². The molecule has 0 aromatic carbocycles. The summed E-state index contributed by atoms with van der Waals surface area (Å²) in [6.07, 6.45) is 5.42. The summed E-state index contributed by atoms with van der Waals surface area (Å²) in [6.45, 7) is 6.86. The predicted molar refractivity (Wildman–Crippen MR) is 77.1 cm³/mol. The summed E-state index contributed by atoms with van der Waals surface area (Å²) in [5.74, 6) is 0.585. The molecule has 1 amide bonds.